The Hall–Kier alpha value is -3.19. The first-order valence-electron chi connectivity index (χ1n) is 9.87. The summed E-state index contributed by atoms with van der Waals surface area (Å²) in [5.41, 5.74) is 4.90. The lowest BCUT2D eigenvalue weighted by Crippen LogP contribution is -2.47. The van der Waals surface area contributed by atoms with Crippen LogP contribution in [0.1, 0.15) is 0 Å². The zero-order chi connectivity index (χ0) is 19.8. The number of imidazole rings is 1. The first kappa shape index (κ1) is 17.9. The minimum atomic E-state index is -0.295. The molecule has 0 amide bonds. The van der Waals surface area contributed by atoms with Crippen LogP contribution < -0.4 is 10.5 Å². The molecule has 5 rings (SSSR count). The highest BCUT2D eigenvalue weighted by molar-refractivity contribution is 5.87. The van der Waals surface area contributed by atoms with Crippen molar-refractivity contribution in [1.29, 1.82) is 0 Å². The molecule has 7 heteroatoms. The minimum absolute atomic E-state index is 0.144. The van der Waals surface area contributed by atoms with Gasteiger partial charge in [-0.15, -0.1) is 0 Å². The van der Waals surface area contributed by atoms with E-state index in [-0.39, 0.29) is 12.2 Å². The lowest BCUT2D eigenvalue weighted by Gasteiger charge is -2.35. The van der Waals surface area contributed by atoms with E-state index in [1.807, 2.05) is 36.4 Å². The van der Waals surface area contributed by atoms with E-state index in [4.69, 9.17) is 0 Å². The fraction of sp³-hybridized carbons (Fsp3) is 0.273. The number of anilines is 1. The quantitative estimate of drug-likeness (QED) is 0.561. The highest BCUT2D eigenvalue weighted by Crippen LogP contribution is 2.30. The Morgan fingerprint density at radius 3 is 2.66 bits per heavy atom. The second-order valence-corrected chi connectivity index (χ2v) is 7.37. The highest BCUT2D eigenvalue weighted by atomic mass is 19.1. The van der Waals surface area contributed by atoms with Gasteiger partial charge in [-0.2, -0.15) is 0 Å². The maximum Gasteiger partial charge on any atom is 0.260 e. The lowest BCUT2D eigenvalue weighted by molar-refractivity contribution is 0.235. The van der Waals surface area contributed by atoms with Gasteiger partial charge in [-0.05, 0) is 24.3 Å². The van der Waals surface area contributed by atoms with Gasteiger partial charge in [0.1, 0.15) is 12.5 Å². The summed E-state index contributed by atoms with van der Waals surface area (Å²) < 4.78 is 12.5. The number of nitrogens with one attached hydrogen (secondary N) is 2. The molecule has 1 fully saturated rings. The van der Waals surface area contributed by atoms with Crippen LogP contribution >= 0.6 is 0 Å². The van der Waals surface area contributed by atoms with E-state index in [9.17, 15) is 9.18 Å². The van der Waals surface area contributed by atoms with Crippen LogP contribution in [0.2, 0.25) is 0 Å². The molecule has 2 aliphatic heterocycles. The van der Waals surface area contributed by atoms with Crippen LogP contribution in [-0.4, -0.2) is 59.3 Å². The second kappa shape index (κ2) is 7.33. The topological polar surface area (TPSA) is 68.0 Å². The standard InChI is InChI=1S/C22H22FN5O/c23-8-9-27-10-12-28(13-11-27)15-6-7-18-19(14-15)25-21(24-18)20-16-4-2-1-3-5-17(16)26-22(20)29/h1-7,14H,8-13H2,(H,24,25)(H,26,29). The zero-order valence-electron chi connectivity index (χ0n) is 16.0. The predicted octanol–water partition coefficient (Wildman–Crippen LogP) is 3.11. The molecule has 0 spiro atoms. The van der Waals surface area contributed by atoms with Gasteiger partial charge >= 0.3 is 0 Å². The van der Waals surface area contributed by atoms with Gasteiger partial charge in [-0.25, -0.2) is 9.37 Å². The van der Waals surface area contributed by atoms with Gasteiger partial charge in [0, 0.05) is 49.7 Å². The molecule has 0 unspecified atom stereocenters. The molecular weight excluding hydrogens is 369 g/mol. The number of aromatic amines is 2. The van der Waals surface area contributed by atoms with Crippen LogP contribution in [0.25, 0.3) is 33.7 Å². The van der Waals surface area contributed by atoms with Crippen molar-refractivity contribution in [2.75, 3.05) is 44.3 Å². The summed E-state index contributed by atoms with van der Waals surface area (Å²) in [7, 11) is 0. The van der Waals surface area contributed by atoms with Gasteiger partial charge < -0.3 is 14.9 Å². The van der Waals surface area contributed by atoms with E-state index in [0.717, 1.165) is 54.2 Å². The fourth-order valence-electron chi connectivity index (χ4n) is 4.08. The van der Waals surface area contributed by atoms with E-state index in [1.54, 1.807) is 0 Å². The molecule has 6 nitrogen and oxygen atoms in total. The molecule has 29 heavy (non-hydrogen) atoms. The maximum absolute atomic E-state index is 12.6. The predicted molar refractivity (Wildman–Crippen MR) is 113 cm³/mol. The van der Waals surface area contributed by atoms with E-state index in [2.05, 4.69) is 36.9 Å². The largest absolute Gasteiger partial charge is 0.369 e. The first-order valence-corrected chi connectivity index (χ1v) is 9.87. The normalized spacial score (nSPS) is 15.4. The number of halogens is 1. The van der Waals surface area contributed by atoms with E-state index >= 15 is 0 Å². The van der Waals surface area contributed by atoms with Crippen molar-refractivity contribution in [3.8, 4) is 22.6 Å². The van der Waals surface area contributed by atoms with Crippen LogP contribution in [-0.2, 0) is 0 Å². The Balaban J connectivity index is 1.47. The molecule has 0 radical (unpaired) electrons. The summed E-state index contributed by atoms with van der Waals surface area (Å²) in [6.45, 7) is 3.68. The van der Waals surface area contributed by atoms with Crippen molar-refractivity contribution in [2.24, 2.45) is 0 Å². The number of H-pyrrole nitrogens is 2. The van der Waals surface area contributed by atoms with Gasteiger partial charge in [0.15, 0.2) is 0 Å². The number of hydrogen-bond acceptors (Lipinski definition) is 4. The monoisotopic (exact) mass is 391 g/mol. The zero-order valence-corrected chi connectivity index (χ0v) is 16.0. The van der Waals surface area contributed by atoms with Gasteiger partial charge in [0.05, 0.1) is 16.6 Å². The first-order chi connectivity index (χ1) is 14.2. The molecule has 0 bridgehead atoms. The van der Waals surface area contributed by atoms with Crippen LogP contribution in [0.5, 0.6) is 0 Å². The number of hydrogen-bond donors (Lipinski definition) is 2. The molecule has 1 aromatic heterocycles. The molecule has 2 aromatic rings. The fourth-order valence-corrected chi connectivity index (χ4v) is 4.08. The molecule has 0 saturated carbocycles. The highest BCUT2D eigenvalue weighted by Gasteiger charge is 2.20. The van der Waals surface area contributed by atoms with Crippen molar-refractivity contribution >= 4 is 16.7 Å². The van der Waals surface area contributed by atoms with E-state index in [0.29, 0.717) is 17.9 Å². The number of rotatable bonds is 4. The third kappa shape index (κ3) is 3.27. The molecule has 2 N–H and O–H groups in total. The summed E-state index contributed by atoms with van der Waals surface area (Å²) in [6, 6.07) is 15.7. The molecule has 3 aliphatic rings. The van der Waals surface area contributed by atoms with Gasteiger partial charge in [0.2, 0.25) is 0 Å². The third-order valence-corrected chi connectivity index (χ3v) is 5.62. The summed E-state index contributed by atoms with van der Waals surface area (Å²) in [5.74, 6) is 0.576. The Kier molecular flexibility index (Phi) is 4.52. The Bertz CT molecular complexity index is 1180. The summed E-state index contributed by atoms with van der Waals surface area (Å²) in [5, 5.41) is 0. The number of piperazine rings is 1. The van der Waals surface area contributed by atoms with Crippen LogP contribution in [0.15, 0.2) is 53.3 Å². The van der Waals surface area contributed by atoms with Gasteiger partial charge in [0.25, 0.3) is 5.56 Å². The molecule has 148 valence electrons. The Morgan fingerprint density at radius 2 is 1.83 bits per heavy atom. The number of aromatic nitrogens is 3. The van der Waals surface area contributed by atoms with Crippen LogP contribution in [0, 0.1) is 0 Å². The molecule has 1 saturated heterocycles. The van der Waals surface area contributed by atoms with E-state index in [1.165, 1.54) is 0 Å². The van der Waals surface area contributed by atoms with Crippen molar-refractivity contribution in [3.05, 3.63) is 58.9 Å². The third-order valence-electron chi connectivity index (χ3n) is 5.62. The van der Waals surface area contributed by atoms with E-state index < -0.39 is 0 Å². The lowest BCUT2D eigenvalue weighted by atomic mass is 10.1. The van der Waals surface area contributed by atoms with Crippen molar-refractivity contribution < 1.29 is 4.39 Å². The molecule has 0 atom stereocenters. The Labute approximate surface area is 167 Å². The smallest absolute Gasteiger partial charge is 0.260 e. The van der Waals surface area contributed by atoms with Gasteiger partial charge in [-0.3, -0.25) is 9.69 Å². The average molecular weight is 391 g/mol. The number of nitrogens with zero attached hydrogens (tertiary/aromatic N) is 3. The minimum Gasteiger partial charge on any atom is -0.369 e. The average Bonchev–Trinajstić information content (AvgIpc) is 3.20. The SMILES string of the molecule is O=c1[nH]c2cccccc-2c1-c1nc2ccc(N3CCN(CCF)CC3)cc2[nH]1. The van der Waals surface area contributed by atoms with Crippen molar-refractivity contribution in [3.63, 3.8) is 0 Å². The summed E-state index contributed by atoms with van der Waals surface area (Å²) in [6.07, 6.45) is 0. The van der Waals surface area contributed by atoms with Crippen molar-refractivity contribution in [2.45, 2.75) is 0 Å². The summed E-state index contributed by atoms with van der Waals surface area (Å²) >= 11 is 0. The molecule has 1 aliphatic carbocycles. The van der Waals surface area contributed by atoms with Crippen LogP contribution in [0.3, 0.4) is 0 Å². The maximum atomic E-state index is 12.6. The second-order valence-electron chi connectivity index (χ2n) is 7.37. The van der Waals surface area contributed by atoms with Crippen LogP contribution in [0.4, 0.5) is 10.1 Å². The number of benzene rings is 1. The van der Waals surface area contributed by atoms with Gasteiger partial charge in [-0.1, -0.05) is 24.3 Å². The molecular formula is C22H22FN5O. The number of fused-ring (bicyclic) bond motifs is 2. The summed E-state index contributed by atoms with van der Waals surface area (Å²) in [4.78, 5) is 27.9. The Morgan fingerprint density at radius 1 is 1.00 bits per heavy atom. The number of alkyl halides is 1. The molecule has 3 heterocycles. The molecule has 1 aromatic carbocycles. The van der Waals surface area contributed by atoms with Crippen molar-refractivity contribution in [1.82, 2.24) is 19.9 Å².